The Balaban J connectivity index is 1.57. The van der Waals surface area contributed by atoms with Crippen molar-refractivity contribution in [2.45, 2.75) is 12.0 Å². The summed E-state index contributed by atoms with van der Waals surface area (Å²) in [5.41, 5.74) is 0.209. The van der Waals surface area contributed by atoms with Crippen LogP contribution in [0.15, 0.2) is 47.1 Å². The Bertz CT molecular complexity index is 838. The van der Waals surface area contributed by atoms with Gasteiger partial charge in [-0.2, -0.15) is 0 Å². The molecule has 2 aliphatic rings. The predicted octanol–water partition coefficient (Wildman–Crippen LogP) is 1.98. The molecule has 2 saturated heterocycles. The van der Waals surface area contributed by atoms with E-state index in [0.717, 1.165) is 6.42 Å². The minimum absolute atomic E-state index is 0.0699. The fraction of sp³-hybridized carbons (Fsp3) is 0.368. The molecule has 2 aliphatic heterocycles. The summed E-state index contributed by atoms with van der Waals surface area (Å²) >= 11 is 0. The molecule has 2 amide bonds. The number of likely N-dealkylation sites (N-methyl/N-ethyl adjacent to an activating group) is 1. The Labute approximate surface area is 150 Å². The lowest BCUT2D eigenvalue weighted by Crippen LogP contribution is -2.64. The van der Waals surface area contributed by atoms with E-state index in [4.69, 9.17) is 4.42 Å². The molecular weight excluding hydrogens is 337 g/mol. The number of furan rings is 1. The molecule has 7 heteroatoms. The molecule has 0 aliphatic carbocycles. The van der Waals surface area contributed by atoms with Crippen molar-refractivity contribution < 1.29 is 18.4 Å². The van der Waals surface area contributed by atoms with E-state index in [1.807, 2.05) is 11.9 Å². The number of nitrogens with zero attached hydrogens (tertiary/aromatic N) is 3. The van der Waals surface area contributed by atoms with Gasteiger partial charge in [-0.15, -0.1) is 0 Å². The number of likely N-dealkylation sites (tertiary alicyclic amines) is 1. The zero-order valence-corrected chi connectivity index (χ0v) is 14.5. The van der Waals surface area contributed by atoms with E-state index < -0.39 is 0 Å². The fourth-order valence-corrected chi connectivity index (χ4v) is 3.86. The number of anilines is 1. The third-order valence-corrected chi connectivity index (χ3v) is 5.41. The fourth-order valence-electron chi connectivity index (χ4n) is 3.86. The molecule has 1 unspecified atom stereocenters. The lowest BCUT2D eigenvalue weighted by molar-refractivity contribution is -0.123. The number of carbonyl (C=O) groups is 2. The van der Waals surface area contributed by atoms with Crippen LogP contribution >= 0.6 is 0 Å². The standard InChI is InChI=1S/C19H20FN3O3/c1-21-11-17(24)23(15-5-2-4-14(20)10-15)13-19(21)7-8-22(12-19)18(25)16-6-3-9-26-16/h2-6,9-10H,7-8,11-13H2,1H3. The monoisotopic (exact) mass is 357 g/mol. The van der Waals surface area contributed by atoms with Crippen molar-refractivity contribution in [1.82, 2.24) is 9.80 Å². The average molecular weight is 357 g/mol. The molecule has 2 fully saturated rings. The second kappa shape index (κ2) is 6.25. The van der Waals surface area contributed by atoms with E-state index in [0.29, 0.717) is 31.1 Å². The Kier molecular flexibility index (Phi) is 4.03. The first-order valence-corrected chi connectivity index (χ1v) is 8.58. The number of amides is 2. The quantitative estimate of drug-likeness (QED) is 0.825. The Morgan fingerprint density at radius 3 is 2.81 bits per heavy atom. The molecular formula is C19H20FN3O3. The van der Waals surface area contributed by atoms with Gasteiger partial charge in [-0.1, -0.05) is 6.07 Å². The molecule has 0 saturated carbocycles. The van der Waals surface area contributed by atoms with Crippen LogP contribution in [0.3, 0.4) is 0 Å². The zero-order chi connectivity index (χ0) is 18.3. The molecule has 26 heavy (non-hydrogen) atoms. The Morgan fingerprint density at radius 1 is 1.23 bits per heavy atom. The van der Waals surface area contributed by atoms with Gasteiger partial charge >= 0.3 is 0 Å². The third-order valence-electron chi connectivity index (χ3n) is 5.41. The van der Waals surface area contributed by atoms with Crippen LogP contribution in [0.1, 0.15) is 17.0 Å². The largest absolute Gasteiger partial charge is 0.459 e. The summed E-state index contributed by atoms with van der Waals surface area (Å²) < 4.78 is 18.8. The topological polar surface area (TPSA) is 57.0 Å². The van der Waals surface area contributed by atoms with Gasteiger partial charge in [0.25, 0.3) is 5.91 Å². The highest BCUT2D eigenvalue weighted by Crippen LogP contribution is 2.34. The summed E-state index contributed by atoms with van der Waals surface area (Å²) in [5, 5.41) is 0. The molecule has 4 rings (SSSR count). The third kappa shape index (κ3) is 2.78. The maximum absolute atomic E-state index is 13.6. The molecule has 1 spiro atoms. The predicted molar refractivity (Wildman–Crippen MR) is 93.3 cm³/mol. The molecule has 1 aromatic carbocycles. The van der Waals surface area contributed by atoms with Gasteiger partial charge in [0.1, 0.15) is 5.82 Å². The number of halogens is 1. The molecule has 136 valence electrons. The highest BCUT2D eigenvalue weighted by molar-refractivity contribution is 5.96. The van der Waals surface area contributed by atoms with Gasteiger partial charge in [-0.25, -0.2) is 4.39 Å². The van der Waals surface area contributed by atoms with Gasteiger partial charge in [-0.3, -0.25) is 14.5 Å². The van der Waals surface area contributed by atoms with E-state index >= 15 is 0 Å². The minimum atomic E-state index is -0.371. The summed E-state index contributed by atoms with van der Waals surface area (Å²) in [4.78, 5) is 30.5. The van der Waals surface area contributed by atoms with Crippen molar-refractivity contribution in [3.63, 3.8) is 0 Å². The Hall–Kier alpha value is -2.67. The van der Waals surface area contributed by atoms with Crippen LogP contribution in [0, 0.1) is 5.82 Å². The number of hydrogen-bond donors (Lipinski definition) is 0. The SMILES string of the molecule is CN1CC(=O)N(c2cccc(F)c2)CC12CCN(C(=O)c1ccco1)C2. The van der Waals surface area contributed by atoms with Crippen molar-refractivity contribution in [3.05, 3.63) is 54.2 Å². The molecule has 1 atom stereocenters. The molecule has 0 bridgehead atoms. The number of hydrogen-bond acceptors (Lipinski definition) is 4. The van der Waals surface area contributed by atoms with E-state index in [1.165, 1.54) is 18.4 Å². The molecule has 1 aromatic heterocycles. The van der Waals surface area contributed by atoms with Crippen molar-refractivity contribution in [2.75, 3.05) is 38.1 Å². The zero-order valence-electron chi connectivity index (χ0n) is 14.5. The first-order valence-electron chi connectivity index (χ1n) is 8.58. The van der Waals surface area contributed by atoms with Gasteiger partial charge in [0.2, 0.25) is 5.91 Å². The highest BCUT2D eigenvalue weighted by atomic mass is 19.1. The summed E-state index contributed by atoms with van der Waals surface area (Å²) in [6.45, 7) is 1.75. The van der Waals surface area contributed by atoms with Crippen LogP contribution in [-0.2, 0) is 4.79 Å². The average Bonchev–Trinajstić information content (AvgIpc) is 3.29. The van der Waals surface area contributed by atoms with E-state index in [2.05, 4.69) is 0 Å². The minimum Gasteiger partial charge on any atom is -0.459 e. The number of piperazine rings is 1. The molecule has 0 radical (unpaired) electrons. The highest BCUT2D eigenvalue weighted by Gasteiger charge is 2.49. The lowest BCUT2D eigenvalue weighted by Gasteiger charge is -2.46. The Morgan fingerprint density at radius 2 is 2.08 bits per heavy atom. The van der Waals surface area contributed by atoms with Crippen molar-refractivity contribution in [3.8, 4) is 0 Å². The molecule has 2 aromatic rings. The summed E-state index contributed by atoms with van der Waals surface area (Å²) in [5.74, 6) is -0.267. The van der Waals surface area contributed by atoms with Crippen molar-refractivity contribution in [1.29, 1.82) is 0 Å². The number of carbonyl (C=O) groups excluding carboxylic acids is 2. The van der Waals surface area contributed by atoms with Gasteiger partial charge in [0, 0.05) is 25.3 Å². The van der Waals surface area contributed by atoms with Crippen LogP contribution in [0.25, 0.3) is 0 Å². The molecule has 3 heterocycles. The van der Waals surface area contributed by atoms with E-state index in [1.54, 1.807) is 34.1 Å². The van der Waals surface area contributed by atoms with Crippen LogP contribution < -0.4 is 4.90 Å². The van der Waals surface area contributed by atoms with Crippen molar-refractivity contribution >= 4 is 17.5 Å². The van der Waals surface area contributed by atoms with Crippen LogP contribution in [0.5, 0.6) is 0 Å². The molecule has 6 nitrogen and oxygen atoms in total. The van der Waals surface area contributed by atoms with Crippen molar-refractivity contribution in [2.24, 2.45) is 0 Å². The number of rotatable bonds is 2. The number of benzene rings is 1. The second-order valence-electron chi connectivity index (χ2n) is 6.99. The second-order valence-corrected chi connectivity index (χ2v) is 6.99. The molecule has 0 N–H and O–H groups in total. The maximum atomic E-state index is 13.6. The van der Waals surface area contributed by atoms with Gasteiger partial charge < -0.3 is 14.2 Å². The van der Waals surface area contributed by atoms with Gasteiger partial charge in [-0.05, 0) is 43.8 Å². The normalized spacial score (nSPS) is 23.8. The lowest BCUT2D eigenvalue weighted by atomic mass is 9.92. The first kappa shape index (κ1) is 16.8. The summed E-state index contributed by atoms with van der Waals surface area (Å²) in [6, 6.07) is 9.42. The van der Waals surface area contributed by atoms with Gasteiger partial charge in [0.05, 0.1) is 18.3 Å². The van der Waals surface area contributed by atoms with Crippen LogP contribution in [-0.4, -0.2) is 60.4 Å². The van der Waals surface area contributed by atoms with Gasteiger partial charge in [0.15, 0.2) is 5.76 Å². The smallest absolute Gasteiger partial charge is 0.289 e. The van der Waals surface area contributed by atoms with E-state index in [-0.39, 0.29) is 29.7 Å². The summed E-state index contributed by atoms with van der Waals surface area (Å²) in [7, 11) is 1.90. The summed E-state index contributed by atoms with van der Waals surface area (Å²) in [6.07, 6.45) is 2.23. The van der Waals surface area contributed by atoms with E-state index in [9.17, 15) is 14.0 Å². The maximum Gasteiger partial charge on any atom is 0.289 e. The first-order chi connectivity index (χ1) is 12.5. The van der Waals surface area contributed by atoms with Crippen LogP contribution in [0.4, 0.5) is 10.1 Å². The van der Waals surface area contributed by atoms with Crippen LogP contribution in [0.2, 0.25) is 0 Å².